The van der Waals surface area contributed by atoms with Gasteiger partial charge in [0.2, 0.25) is 0 Å². The maximum atomic E-state index is 13.5. The summed E-state index contributed by atoms with van der Waals surface area (Å²) in [7, 11) is 0. The predicted octanol–water partition coefficient (Wildman–Crippen LogP) is 4.46. The molecule has 1 fully saturated rings. The molecule has 0 amide bonds. The molecule has 0 bridgehead atoms. The smallest absolute Gasteiger partial charge is 0.126 e. The lowest BCUT2D eigenvalue weighted by Crippen LogP contribution is -2.22. The second-order valence-corrected chi connectivity index (χ2v) is 5.31. The second-order valence-electron chi connectivity index (χ2n) is 4.75. The number of rotatable bonds is 3. The highest BCUT2D eigenvalue weighted by Gasteiger charge is 2.33. The number of halogens is 3. The van der Waals surface area contributed by atoms with Crippen LogP contribution in [-0.2, 0) is 6.42 Å². The Morgan fingerprint density at radius 2 is 1.88 bits per heavy atom. The Kier molecular flexibility index (Phi) is 3.63. The van der Waals surface area contributed by atoms with Gasteiger partial charge in [0.15, 0.2) is 0 Å². The predicted molar refractivity (Wildman–Crippen MR) is 64.8 cm³/mol. The van der Waals surface area contributed by atoms with E-state index in [2.05, 4.69) is 15.9 Å². The van der Waals surface area contributed by atoms with Gasteiger partial charge in [-0.2, -0.15) is 0 Å². The third-order valence-corrected chi connectivity index (χ3v) is 4.71. The summed E-state index contributed by atoms with van der Waals surface area (Å²) in [6, 6.07) is 3.73. The van der Waals surface area contributed by atoms with Crippen LogP contribution in [0.25, 0.3) is 0 Å². The Labute approximate surface area is 103 Å². The lowest BCUT2D eigenvalue weighted by molar-refractivity contribution is 0.340. The van der Waals surface area contributed by atoms with Gasteiger partial charge in [-0.05, 0) is 48.4 Å². The molecular formula is C13H15BrF2. The van der Waals surface area contributed by atoms with Crippen LogP contribution in [0.2, 0.25) is 0 Å². The zero-order chi connectivity index (χ0) is 11.6. The molecule has 1 aliphatic carbocycles. The fraction of sp³-hybridized carbons (Fsp3) is 0.538. The minimum absolute atomic E-state index is 0.134. The molecule has 1 aromatic carbocycles. The van der Waals surface area contributed by atoms with Gasteiger partial charge in [-0.15, -0.1) is 0 Å². The summed E-state index contributed by atoms with van der Waals surface area (Å²) in [5.74, 6) is -0.632. The molecule has 0 saturated heterocycles. The van der Waals surface area contributed by atoms with E-state index < -0.39 is 0 Å². The first-order chi connectivity index (χ1) is 7.65. The van der Waals surface area contributed by atoms with Crippen molar-refractivity contribution < 1.29 is 8.78 Å². The van der Waals surface area contributed by atoms with Gasteiger partial charge in [-0.25, -0.2) is 8.78 Å². The van der Waals surface area contributed by atoms with Crippen molar-refractivity contribution in [2.75, 3.05) is 5.33 Å². The number of alkyl halides is 1. The van der Waals surface area contributed by atoms with Gasteiger partial charge in [0.25, 0.3) is 0 Å². The highest BCUT2D eigenvalue weighted by Crippen LogP contribution is 2.42. The van der Waals surface area contributed by atoms with Crippen molar-refractivity contribution in [1.82, 2.24) is 0 Å². The van der Waals surface area contributed by atoms with Gasteiger partial charge < -0.3 is 0 Å². The summed E-state index contributed by atoms with van der Waals surface area (Å²) in [5.41, 5.74) is 0.649. The van der Waals surface area contributed by atoms with E-state index in [0.717, 1.165) is 18.2 Å². The van der Waals surface area contributed by atoms with Crippen molar-refractivity contribution in [3.8, 4) is 0 Å². The van der Waals surface area contributed by atoms with Crippen LogP contribution in [0, 0.1) is 17.0 Å². The molecular weight excluding hydrogens is 274 g/mol. The van der Waals surface area contributed by atoms with E-state index in [9.17, 15) is 8.78 Å². The Morgan fingerprint density at radius 3 is 2.50 bits per heavy atom. The quantitative estimate of drug-likeness (QED) is 0.720. The van der Waals surface area contributed by atoms with Crippen LogP contribution in [0.4, 0.5) is 8.78 Å². The molecule has 2 rings (SSSR count). The van der Waals surface area contributed by atoms with Crippen LogP contribution < -0.4 is 0 Å². The molecule has 3 heteroatoms. The van der Waals surface area contributed by atoms with Crippen molar-refractivity contribution in [1.29, 1.82) is 0 Å². The maximum absolute atomic E-state index is 13.5. The number of benzene rings is 1. The van der Waals surface area contributed by atoms with E-state index in [4.69, 9.17) is 0 Å². The van der Waals surface area contributed by atoms with Gasteiger partial charge >= 0.3 is 0 Å². The van der Waals surface area contributed by atoms with Crippen LogP contribution in [-0.4, -0.2) is 5.33 Å². The fourth-order valence-corrected chi connectivity index (χ4v) is 3.32. The van der Waals surface area contributed by atoms with Crippen LogP contribution in [0.1, 0.15) is 31.2 Å². The van der Waals surface area contributed by atoms with E-state index in [1.807, 2.05) is 0 Å². The minimum Gasteiger partial charge on any atom is -0.207 e. The number of hydrogen-bond acceptors (Lipinski definition) is 0. The van der Waals surface area contributed by atoms with E-state index in [1.54, 1.807) is 0 Å². The first-order valence-corrected chi connectivity index (χ1v) is 6.77. The zero-order valence-electron chi connectivity index (χ0n) is 9.11. The normalized spacial score (nSPS) is 18.9. The van der Waals surface area contributed by atoms with Crippen molar-refractivity contribution >= 4 is 15.9 Å². The van der Waals surface area contributed by atoms with Crippen LogP contribution in [0.3, 0.4) is 0 Å². The summed E-state index contributed by atoms with van der Waals surface area (Å²) >= 11 is 3.52. The number of hydrogen-bond donors (Lipinski definition) is 0. The van der Waals surface area contributed by atoms with E-state index in [1.165, 1.54) is 31.0 Å². The summed E-state index contributed by atoms with van der Waals surface area (Å²) in [6.07, 6.45) is 5.25. The van der Waals surface area contributed by atoms with Crippen LogP contribution in [0.5, 0.6) is 0 Å². The van der Waals surface area contributed by atoms with Crippen molar-refractivity contribution in [2.24, 2.45) is 5.41 Å². The molecule has 0 unspecified atom stereocenters. The molecule has 0 nitrogen and oxygen atoms in total. The average Bonchev–Trinajstić information content (AvgIpc) is 2.73. The summed E-state index contributed by atoms with van der Waals surface area (Å²) in [6.45, 7) is 0. The monoisotopic (exact) mass is 288 g/mol. The lowest BCUT2D eigenvalue weighted by atomic mass is 9.82. The highest BCUT2D eigenvalue weighted by atomic mass is 79.9. The first-order valence-electron chi connectivity index (χ1n) is 5.65. The molecule has 0 heterocycles. The van der Waals surface area contributed by atoms with Gasteiger partial charge in [0.1, 0.15) is 11.6 Å². The van der Waals surface area contributed by atoms with Crippen LogP contribution >= 0.6 is 15.9 Å². The second kappa shape index (κ2) is 4.82. The standard InChI is InChI=1S/C13H15BrF2/c14-9-13(5-1-2-6-13)8-10-7-11(15)3-4-12(10)16/h3-4,7H,1-2,5-6,8-9H2. The average molecular weight is 289 g/mol. The third kappa shape index (κ3) is 2.45. The molecule has 1 saturated carbocycles. The van der Waals surface area contributed by atoms with Gasteiger partial charge in [0, 0.05) is 5.33 Å². The van der Waals surface area contributed by atoms with Crippen molar-refractivity contribution in [2.45, 2.75) is 32.1 Å². The Bertz CT molecular complexity index is 370. The Hall–Kier alpha value is -0.440. The van der Waals surface area contributed by atoms with E-state index in [0.29, 0.717) is 12.0 Å². The maximum Gasteiger partial charge on any atom is 0.126 e. The summed E-state index contributed by atoms with van der Waals surface area (Å²) < 4.78 is 26.6. The van der Waals surface area contributed by atoms with Gasteiger partial charge in [0.05, 0.1) is 0 Å². The molecule has 0 spiro atoms. The van der Waals surface area contributed by atoms with Gasteiger partial charge in [-0.1, -0.05) is 28.8 Å². The summed E-state index contributed by atoms with van der Waals surface area (Å²) in [5, 5.41) is 0.871. The lowest BCUT2D eigenvalue weighted by Gasteiger charge is -2.26. The molecule has 0 aliphatic heterocycles. The molecule has 0 atom stereocenters. The van der Waals surface area contributed by atoms with Crippen molar-refractivity contribution in [3.63, 3.8) is 0 Å². The SMILES string of the molecule is Fc1ccc(F)c(CC2(CBr)CCCC2)c1. The Morgan fingerprint density at radius 1 is 1.19 bits per heavy atom. The topological polar surface area (TPSA) is 0 Å². The highest BCUT2D eigenvalue weighted by molar-refractivity contribution is 9.09. The first kappa shape index (κ1) is 12.0. The molecule has 1 aromatic rings. The molecule has 16 heavy (non-hydrogen) atoms. The zero-order valence-corrected chi connectivity index (χ0v) is 10.7. The third-order valence-electron chi connectivity index (χ3n) is 3.52. The van der Waals surface area contributed by atoms with Crippen molar-refractivity contribution in [3.05, 3.63) is 35.4 Å². The molecule has 88 valence electrons. The largest absolute Gasteiger partial charge is 0.207 e. The van der Waals surface area contributed by atoms with Crippen LogP contribution in [0.15, 0.2) is 18.2 Å². The minimum atomic E-state index is -0.348. The molecule has 0 radical (unpaired) electrons. The fourth-order valence-electron chi connectivity index (χ4n) is 2.57. The molecule has 0 N–H and O–H groups in total. The summed E-state index contributed by atoms with van der Waals surface area (Å²) in [4.78, 5) is 0. The molecule has 1 aliphatic rings. The van der Waals surface area contributed by atoms with E-state index in [-0.39, 0.29) is 17.0 Å². The molecule has 0 aromatic heterocycles. The Balaban J connectivity index is 2.21. The van der Waals surface area contributed by atoms with Gasteiger partial charge in [-0.3, -0.25) is 0 Å². The van der Waals surface area contributed by atoms with E-state index >= 15 is 0 Å².